The van der Waals surface area contributed by atoms with Crippen LogP contribution in [0.3, 0.4) is 0 Å². The van der Waals surface area contributed by atoms with Gasteiger partial charge in [0, 0.05) is 56.1 Å². The molecule has 0 bridgehead atoms. The molecular weight excluding hydrogens is 540 g/mol. The van der Waals surface area contributed by atoms with Crippen LogP contribution >= 0.6 is 0 Å². The van der Waals surface area contributed by atoms with Crippen molar-refractivity contribution in [2.24, 2.45) is 0 Å². The number of aromatic amines is 1. The molecule has 1 atom stereocenters. The number of likely N-dealkylation sites (N-methyl/N-ethyl adjacent to an activating group) is 1. The molecular formula is C34H40N6O3. The van der Waals surface area contributed by atoms with E-state index in [1.165, 1.54) is 0 Å². The van der Waals surface area contributed by atoms with E-state index in [2.05, 4.69) is 56.9 Å². The normalized spacial score (nSPS) is 15.8. The van der Waals surface area contributed by atoms with Gasteiger partial charge < -0.3 is 24.7 Å². The van der Waals surface area contributed by atoms with Gasteiger partial charge in [0.05, 0.1) is 20.3 Å². The third kappa shape index (κ3) is 7.60. The van der Waals surface area contributed by atoms with Crippen molar-refractivity contribution in [3.8, 4) is 17.6 Å². The van der Waals surface area contributed by atoms with Crippen LogP contribution in [-0.2, 0) is 4.79 Å². The number of ether oxygens (including phenoxy) is 2. The van der Waals surface area contributed by atoms with E-state index in [0.29, 0.717) is 22.7 Å². The average Bonchev–Trinajstić information content (AvgIpc) is 3.43. The minimum Gasteiger partial charge on any atom is -0.493 e. The smallest absolute Gasteiger partial charge is 0.262 e. The minimum absolute atomic E-state index is 0.0196. The van der Waals surface area contributed by atoms with Crippen molar-refractivity contribution in [2.75, 3.05) is 54.0 Å². The molecule has 0 radical (unpaired) electrons. The third-order valence-corrected chi connectivity index (χ3v) is 7.61. The molecule has 9 nitrogen and oxygen atoms in total. The number of hydrogen-bond donors (Lipinski definition) is 2. The number of allylic oxidation sites excluding steroid dienone is 3. The van der Waals surface area contributed by atoms with E-state index in [9.17, 15) is 10.1 Å². The summed E-state index contributed by atoms with van der Waals surface area (Å²) in [5.41, 5.74) is 5.01. The van der Waals surface area contributed by atoms with Crippen LogP contribution in [0.2, 0.25) is 0 Å². The van der Waals surface area contributed by atoms with Crippen LogP contribution in [0.4, 0.5) is 0 Å². The van der Waals surface area contributed by atoms with Gasteiger partial charge in [0.15, 0.2) is 11.5 Å². The summed E-state index contributed by atoms with van der Waals surface area (Å²) in [6, 6.07) is 9.05. The van der Waals surface area contributed by atoms with Crippen LogP contribution in [0.15, 0.2) is 72.6 Å². The third-order valence-electron chi connectivity index (χ3n) is 7.61. The fraction of sp³-hybridized carbons (Fsp3) is 0.324. The molecule has 2 N–H and O–H groups in total. The van der Waals surface area contributed by atoms with Crippen LogP contribution in [0.5, 0.6) is 11.5 Å². The predicted octanol–water partition coefficient (Wildman–Crippen LogP) is 5.13. The first kappa shape index (κ1) is 31.3. The first-order valence-electron chi connectivity index (χ1n) is 14.3. The average molecular weight is 581 g/mol. The topological polar surface area (TPSA) is 107 Å². The number of carbonyl (C=O) groups is 1. The number of nitriles is 1. The molecule has 0 spiro atoms. The van der Waals surface area contributed by atoms with Crippen LogP contribution in [0, 0.1) is 11.3 Å². The van der Waals surface area contributed by atoms with Crippen LogP contribution in [-0.4, -0.2) is 79.7 Å². The van der Waals surface area contributed by atoms with Gasteiger partial charge in [-0.25, -0.2) is 4.98 Å². The van der Waals surface area contributed by atoms with Crippen molar-refractivity contribution >= 4 is 28.6 Å². The van der Waals surface area contributed by atoms with Gasteiger partial charge in [0.25, 0.3) is 5.91 Å². The lowest BCUT2D eigenvalue weighted by Gasteiger charge is -2.32. The maximum atomic E-state index is 13.2. The monoisotopic (exact) mass is 580 g/mol. The zero-order chi connectivity index (χ0) is 30.9. The summed E-state index contributed by atoms with van der Waals surface area (Å²) < 4.78 is 10.7. The molecule has 1 fully saturated rings. The Morgan fingerprint density at radius 1 is 1.21 bits per heavy atom. The summed E-state index contributed by atoms with van der Waals surface area (Å²) in [5, 5.41) is 13.7. The Balaban J connectivity index is 1.59. The van der Waals surface area contributed by atoms with Gasteiger partial charge in [-0.1, -0.05) is 30.9 Å². The zero-order valence-electron chi connectivity index (χ0n) is 25.6. The maximum absolute atomic E-state index is 13.2. The molecule has 3 aromatic rings. The molecule has 3 heterocycles. The number of nitrogens with zero attached hydrogens (tertiary/aromatic N) is 4. The number of aromatic nitrogens is 2. The number of fused-ring (bicyclic) bond motifs is 1. The number of benzene rings is 1. The number of amides is 1. The summed E-state index contributed by atoms with van der Waals surface area (Å²) in [5.74, 6) is 0.678. The highest BCUT2D eigenvalue weighted by molar-refractivity contribution is 6.05. The van der Waals surface area contributed by atoms with Crippen molar-refractivity contribution in [3.05, 3.63) is 89.3 Å². The Morgan fingerprint density at radius 3 is 2.63 bits per heavy atom. The maximum Gasteiger partial charge on any atom is 0.262 e. The van der Waals surface area contributed by atoms with Gasteiger partial charge in [-0.15, -0.1) is 0 Å². The molecule has 43 heavy (non-hydrogen) atoms. The van der Waals surface area contributed by atoms with Gasteiger partial charge >= 0.3 is 0 Å². The fourth-order valence-corrected chi connectivity index (χ4v) is 5.17. The highest BCUT2D eigenvalue weighted by atomic mass is 16.5. The first-order chi connectivity index (χ1) is 20.8. The standard InChI is InChI=1S/C34H40N6O3/c1-7-8-25(22-40-15-13-39(4)14-16-40)17-23(2)29-11-12-36-33-32(29)28(21-37-33)18-27(20-35)34(41)38-24(3)26-9-10-30(42-5)31(19-26)43-6/h7-12,17-19,21,24H,2,13-16,22H2,1,3-6H3,(H,36,37)(H,38,41)/b8-7-,25-17+,27-18+/t24-/m1/s1. The molecule has 0 saturated carbocycles. The van der Waals surface area contributed by atoms with E-state index in [0.717, 1.165) is 60.4 Å². The van der Waals surface area contributed by atoms with E-state index < -0.39 is 5.91 Å². The molecule has 1 amide bonds. The molecule has 9 heteroatoms. The Morgan fingerprint density at radius 2 is 1.95 bits per heavy atom. The lowest BCUT2D eigenvalue weighted by molar-refractivity contribution is -0.117. The second-order valence-corrected chi connectivity index (χ2v) is 10.6. The molecule has 2 aromatic heterocycles. The minimum atomic E-state index is -0.481. The Labute approximate surface area is 253 Å². The Bertz CT molecular complexity index is 1600. The molecule has 0 aliphatic carbocycles. The van der Waals surface area contributed by atoms with E-state index in [1.54, 1.807) is 38.8 Å². The van der Waals surface area contributed by atoms with Crippen molar-refractivity contribution in [1.29, 1.82) is 5.26 Å². The van der Waals surface area contributed by atoms with Crippen molar-refractivity contribution < 1.29 is 14.3 Å². The van der Waals surface area contributed by atoms with Gasteiger partial charge in [-0.2, -0.15) is 5.26 Å². The molecule has 1 aliphatic rings. The number of methoxy groups -OCH3 is 2. The summed E-state index contributed by atoms with van der Waals surface area (Å²) in [7, 11) is 5.28. The molecule has 224 valence electrons. The summed E-state index contributed by atoms with van der Waals surface area (Å²) in [4.78, 5) is 25.7. The van der Waals surface area contributed by atoms with Crippen LogP contribution in [0.1, 0.15) is 36.6 Å². The summed E-state index contributed by atoms with van der Waals surface area (Å²) in [6.45, 7) is 13.2. The number of pyridine rings is 1. The number of rotatable bonds is 11. The van der Waals surface area contributed by atoms with Gasteiger partial charge in [0.1, 0.15) is 17.3 Å². The van der Waals surface area contributed by atoms with Crippen LogP contribution in [0.25, 0.3) is 22.7 Å². The lowest BCUT2D eigenvalue weighted by atomic mass is 9.99. The number of piperazine rings is 1. The van der Waals surface area contributed by atoms with E-state index in [4.69, 9.17) is 9.47 Å². The molecule has 0 unspecified atom stereocenters. The molecule has 1 aromatic carbocycles. The van der Waals surface area contributed by atoms with Crippen LogP contribution < -0.4 is 14.8 Å². The molecule has 4 rings (SSSR count). The van der Waals surface area contributed by atoms with Crippen molar-refractivity contribution in [2.45, 2.75) is 19.9 Å². The first-order valence-corrected chi connectivity index (χ1v) is 14.3. The SMILES string of the molecule is C=C(/C=C(\C=C/C)CN1CCN(C)CC1)c1ccnc2[nH]cc(/C=C(\C#N)C(=O)N[C@H](C)c3ccc(OC)c(OC)c3)c12. The Hall–Kier alpha value is -4.65. The van der Waals surface area contributed by atoms with E-state index in [1.807, 2.05) is 38.1 Å². The number of H-pyrrole nitrogens is 1. The van der Waals surface area contributed by atoms with Crippen molar-refractivity contribution in [1.82, 2.24) is 25.1 Å². The number of carbonyl (C=O) groups excluding carboxylic acids is 1. The Kier molecular flexibility index (Phi) is 10.5. The zero-order valence-corrected chi connectivity index (χ0v) is 25.6. The number of hydrogen-bond acceptors (Lipinski definition) is 7. The largest absolute Gasteiger partial charge is 0.493 e. The summed E-state index contributed by atoms with van der Waals surface area (Å²) >= 11 is 0. The van der Waals surface area contributed by atoms with Crippen molar-refractivity contribution in [3.63, 3.8) is 0 Å². The second-order valence-electron chi connectivity index (χ2n) is 10.6. The molecule has 1 saturated heterocycles. The van der Waals surface area contributed by atoms with E-state index >= 15 is 0 Å². The van der Waals surface area contributed by atoms with Gasteiger partial charge in [0.2, 0.25) is 0 Å². The number of nitrogens with one attached hydrogen (secondary N) is 2. The predicted molar refractivity (Wildman–Crippen MR) is 172 cm³/mol. The molecule has 1 aliphatic heterocycles. The second kappa shape index (κ2) is 14.5. The quantitative estimate of drug-likeness (QED) is 0.184. The highest BCUT2D eigenvalue weighted by Gasteiger charge is 2.18. The van der Waals surface area contributed by atoms with E-state index in [-0.39, 0.29) is 11.6 Å². The fourth-order valence-electron chi connectivity index (χ4n) is 5.17. The summed E-state index contributed by atoms with van der Waals surface area (Å²) in [6.07, 6.45) is 11.4. The highest BCUT2D eigenvalue weighted by Crippen LogP contribution is 2.31. The van der Waals surface area contributed by atoms with Gasteiger partial charge in [-0.05, 0) is 67.4 Å². The van der Waals surface area contributed by atoms with Gasteiger partial charge in [-0.3, -0.25) is 9.69 Å². The lowest BCUT2D eigenvalue weighted by Crippen LogP contribution is -2.44.